The first-order chi connectivity index (χ1) is 9.78. The van der Waals surface area contributed by atoms with Crippen molar-refractivity contribution >= 4 is 28.9 Å². The van der Waals surface area contributed by atoms with Crippen molar-refractivity contribution in [1.29, 1.82) is 0 Å². The molecule has 1 amide bonds. The third-order valence-electron chi connectivity index (χ3n) is 4.07. The maximum Gasteiger partial charge on any atom is 0.241 e. The zero-order valence-electron chi connectivity index (χ0n) is 12.4. The summed E-state index contributed by atoms with van der Waals surface area (Å²) in [6.45, 7) is 5.13. The highest BCUT2D eigenvalue weighted by Crippen LogP contribution is 2.24. The van der Waals surface area contributed by atoms with Gasteiger partial charge in [0.1, 0.15) is 0 Å². The quantitative estimate of drug-likeness (QED) is 0.747. The highest BCUT2D eigenvalue weighted by molar-refractivity contribution is 6.33. The number of amides is 1. The summed E-state index contributed by atoms with van der Waals surface area (Å²) < 4.78 is 0. The first-order valence-corrected chi connectivity index (χ1v) is 7.49. The molecule has 0 aromatic heterocycles. The second-order valence-electron chi connectivity index (χ2n) is 5.93. The van der Waals surface area contributed by atoms with Gasteiger partial charge in [0.05, 0.1) is 22.4 Å². The number of aliphatic hydroxyl groups is 1. The van der Waals surface area contributed by atoms with Gasteiger partial charge in [0.25, 0.3) is 0 Å². The number of hydrogen-bond donors (Lipinski definition) is 3. The van der Waals surface area contributed by atoms with Crippen LogP contribution in [0.1, 0.15) is 26.7 Å². The van der Waals surface area contributed by atoms with Gasteiger partial charge in [-0.15, -0.1) is 0 Å². The second-order valence-corrected chi connectivity index (χ2v) is 6.34. The molecule has 0 saturated carbocycles. The molecule has 1 atom stereocenters. The lowest BCUT2D eigenvalue weighted by Gasteiger charge is -2.38. The molecular formula is C15H22ClN3O2. The van der Waals surface area contributed by atoms with E-state index in [4.69, 9.17) is 17.3 Å². The average molecular weight is 312 g/mol. The van der Waals surface area contributed by atoms with Crippen LogP contribution in [0.15, 0.2) is 18.2 Å². The van der Waals surface area contributed by atoms with Crippen molar-refractivity contribution in [3.05, 3.63) is 23.2 Å². The summed E-state index contributed by atoms with van der Waals surface area (Å²) in [5.41, 5.74) is 6.19. The van der Waals surface area contributed by atoms with Crippen LogP contribution in [0.25, 0.3) is 0 Å². The summed E-state index contributed by atoms with van der Waals surface area (Å²) in [7, 11) is 0. The van der Waals surface area contributed by atoms with Gasteiger partial charge in [0.2, 0.25) is 5.91 Å². The van der Waals surface area contributed by atoms with Crippen LogP contribution < -0.4 is 11.1 Å². The van der Waals surface area contributed by atoms with Gasteiger partial charge in [-0.05, 0) is 44.9 Å². The van der Waals surface area contributed by atoms with Gasteiger partial charge >= 0.3 is 0 Å². The molecule has 1 aliphatic rings. The highest BCUT2D eigenvalue weighted by atomic mass is 35.5. The number of carbonyl (C=O) groups excluding carboxylic acids is 1. The van der Waals surface area contributed by atoms with Crippen molar-refractivity contribution in [1.82, 2.24) is 4.90 Å². The molecule has 1 aromatic rings. The van der Waals surface area contributed by atoms with E-state index in [1.807, 2.05) is 13.8 Å². The van der Waals surface area contributed by atoms with Crippen LogP contribution in [0.2, 0.25) is 5.02 Å². The lowest BCUT2D eigenvalue weighted by molar-refractivity contribution is -0.122. The SMILES string of the molecule is CC(C(=O)Nc1ccc(Cl)c(N)c1)N1CCC(C)(O)CC1. The van der Waals surface area contributed by atoms with Gasteiger partial charge in [-0.25, -0.2) is 0 Å². The summed E-state index contributed by atoms with van der Waals surface area (Å²) in [5, 5.41) is 13.3. The number of nitrogens with one attached hydrogen (secondary N) is 1. The monoisotopic (exact) mass is 311 g/mol. The third-order valence-corrected chi connectivity index (χ3v) is 4.41. The zero-order valence-corrected chi connectivity index (χ0v) is 13.2. The molecule has 1 saturated heterocycles. The van der Waals surface area contributed by atoms with E-state index in [9.17, 15) is 9.90 Å². The van der Waals surface area contributed by atoms with Crippen LogP contribution in [0, 0.1) is 0 Å². The molecule has 116 valence electrons. The fourth-order valence-electron chi connectivity index (χ4n) is 2.43. The molecule has 21 heavy (non-hydrogen) atoms. The minimum atomic E-state index is -0.614. The van der Waals surface area contributed by atoms with Gasteiger partial charge in [-0.2, -0.15) is 0 Å². The Morgan fingerprint density at radius 3 is 2.67 bits per heavy atom. The molecule has 5 nitrogen and oxygen atoms in total. The predicted molar refractivity (Wildman–Crippen MR) is 85.4 cm³/mol. The fraction of sp³-hybridized carbons (Fsp3) is 0.533. The first kappa shape index (κ1) is 16.1. The molecule has 0 radical (unpaired) electrons. The van der Waals surface area contributed by atoms with Crippen LogP contribution in [-0.4, -0.2) is 40.6 Å². The summed E-state index contributed by atoms with van der Waals surface area (Å²) in [6, 6.07) is 4.78. The Hall–Kier alpha value is -1.30. The van der Waals surface area contributed by atoms with Gasteiger partial charge in [-0.1, -0.05) is 11.6 Å². The largest absolute Gasteiger partial charge is 0.397 e. The Labute approximate surface area is 130 Å². The number of rotatable bonds is 3. The molecule has 0 bridgehead atoms. The number of piperidine rings is 1. The van der Waals surface area contributed by atoms with E-state index in [1.165, 1.54) is 0 Å². The topological polar surface area (TPSA) is 78.6 Å². The molecular weight excluding hydrogens is 290 g/mol. The molecule has 2 rings (SSSR count). The van der Waals surface area contributed by atoms with Crippen molar-refractivity contribution in [2.45, 2.75) is 38.3 Å². The Morgan fingerprint density at radius 2 is 2.10 bits per heavy atom. The Bertz CT molecular complexity index is 524. The van der Waals surface area contributed by atoms with Crippen molar-refractivity contribution in [3.63, 3.8) is 0 Å². The van der Waals surface area contributed by atoms with Crippen LogP contribution >= 0.6 is 11.6 Å². The number of anilines is 2. The number of carbonyl (C=O) groups is 1. The van der Waals surface area contributed by atoms with E-state index < -0.39 is 5.60 Å². The Kier molecular flexibility index (Phi) is 4.76. The summed E-state index contributed by atoms with van der Waals surface area (Å²) in [5.74, 6) is -0.0849. The van der Waals surface area contributed by atoms with Crippen molar-refractivity contribution in [3.8, 4) is 0 Å². The third kappa shape index (κ3) is 4.09. The Morgan fingerprint density at radius 1 is 1.48 bits per heavy atom. The maximum atomic E-state index is 12.3. The minimum absolute atomic E-state index is 0.0849. The standard InChI is InChI=1S/C15H22ClN3O2/c1-10(19-7-5-15(2,21)6-8-19)14(20)18-11-3-4-12(16)13(17)9-11/h3-4,9-10,21H,5-8,17H2,1-2H3,(H,18,20). The molecule has 1 unspecified atom stereocenters. The molecule has 6 heteroatoms. The van der Waals surface area contributed by atoms with Crippen molar-refractivity contribution in [2.75, 3.05) is 24.1 Å². The number of likely N-dealkylation sites (tertiary alicyclic amines) is 1. The molecule has 4 N–H and O–H groups in total. The normalized spacial score (nSPS) is 20.0. The van der Waals surface area contributed by atoms with Crippen LogP contribution in [0.3, 0.4) is 0 Å². The molecule has 1 fully saturated rings. The molecule has 1 heterocycles. The number of benzene rings is 1. The van der Waals surface area contributed by atoms with E-state index in [1.54, 1.807) is 18.2 Å². The smallest absolute Gasteiger partial charge is 0.241 e. The number of hydrogen-bond acceptors (Lipinski definition) is 4. The van der Waals surface area contributed by atoms with Crippen LogP contribution in [-0.2, 0) is 4.79 Å². The van der Waals surface area contributed by atoms with E-state index in [-0.39, 0.29) is 11.9 Å². The highest BCUT2D eigenvalue weighted by Gasteiger charge is 2.31. The lowest BCUT2D eigenvalue weighted by atomic mass is 9.93. The van der Waals surface area contributed by atoms with Crippen LogP contribution in [0.5, 0.6) is 0 Å². The number of halogens is 1. The molecule has 1 aromatic carbocycles. The molecule has 0 aliphatic carbocycles. The first-order valence-electron chi connectivity index (χ1n) is 7.11. The van der Waals surface area contributed by atoms with Crippen LogP contribution in [0.4, 0.5) is 11.4 Å². The fourth-order valence-corrected chi connectivity index (χ4v) is 2.54. The van der Waals surface area contributed by atoms with E-state index in [2.05, 4.69) is 10.2 Å². The minimum Gasteiger partial charge on any atom is -0.397 e. The second kappa shape index (κ2) is 6.22. The maximum absolute atomic E-state index is 12.3. The zero-order chi connectivity index (χ0) is 15.6. The van der Waals surface area contributed by atoms with E-state index in [0.29, 0.717) is 42.3 Å². The molecule has 0 spiro atoms. The van der Waals surface area contributed by atoms with Crippen molar-refractivity contribution < 1.29 is 9.90 Å². The van der Waals surface area contributed by atoms with Crippen molar-refractivity contribution in [2.24, 2.45) is 0 Å². The number of nitrogen functional groups attached to an aromatic ring is 1. The van der Waals surface area contributed by atoms with E-state index >= 15 is 0 Å². The van der Waals surface area contributed by atoms with Gasteiger partial charge in [0.15, 0.2) is 0 Å². The number of nitrogens with two attached hydrogens (primary N) is 1. The summed E-state index contributed by atoms with van der Waals surface area (Å²) >= 11 is 5.86. The van der Waals surface area contributed by atoms with Gasteiger partial charge in [0, 0.05) is 18.8 Å². The number of nitrogens with zero attached hydrogens (tertiary/aromatic N) is 1. The van der Waals surface area contributed by atoms with Gasteiger partial charge < -0.3 is 16.2 Å². The van der Waals surface area contributed by atoms with Gasteiger partial charge in [-0.3, -0.25) is 9.69 Å². The summed E-state index contributed by atoms with van der Waals surface area (Å²) in [4.78, 5) is 14.4. The molecule has 1 aliphatic heterocycles. The summed E-state index contributed by atoms with van der Waals surface area (Å²) in [6.07, 6.45) is 1.36. The average Bonchev–Trinajstić information content (AvgIpc) is 2.42. The lowest BCUT2D eigenvalue weighted by Crippen LogP contribution is -2.49. The Balaban J connectivity index is 1.95. The predicted octanol–water partition coefficient (Wildman–Crippen LogP) is 2.10. The van der Waals surface area contributed by atoms with E-state index in [0.717, 1.165) is 0 Å².